The number of aromatic amines is 1. The molecule has 20 heavy (non-hydrogen) atoms. The SMILES string of the molecule is Cc1cc(C)c(-c2cc(C(F)(F)F)[nH]c(=S)n2)c(C)c1. The minimum Gasteiger partial charge on any atom is -0.327 e. The monoisotopic (exact) mass is 298 g/mol. The van der Waals surface area contributed by atoms with Crippen LogP contribution in [-0.2, 0) is 6.18 Å². The number of nitrogens with zero attached hydrogens (tertiary/aromatic N) is 1. The van der Waals surface area contributed by atoms with Crippen LogP contribution in [0.2, 0.25) is 0 Å². The molecule has 0 saturated carbocycles. The van der Waals surface area contributed by atoms with Crippen molar-refractivity contribution < 1.29 is 13.2 Å². The van der Waals surface area contributed by atoms with Crippen LogP contribution in [0.4, 0.5) is 13.2 Å². The summed E-state index contributed by atoms with van der Waals surface area (Å²) < 4.78 is 38.3. The van der Waals surface area contributed by atoms with Gasteiger partial charge in [0.1, 0.15) is 5.69 Å². The number of halogens is 3. The van der Waals surface area contributed by atoms with Gasteiger partial charge in [-0.3, -0.25) is 0 Å². The van der Waals surface area contributed by atoms with E-state index in [1.165, 1.54) is 0 Å². The van der Waals surface area contributed by atoms with Crippen molar-refractivity contribution in [3.63, 3.8) is 0 Å². The molecule has 2 aromatic rings. The van der Waals surface area contributed by atoms with Gasteiger partial charge in [0.05, 0.1) is 5.69 Å². The van der Waals surface area contributed by atoms with Gasteiger partial charge in [-0.1, -0.05) is 17.7 Å². The van der Waals surface area contributed by atoms with Crippen LogP contribution in [0, 0.1) is 25.5 Å². The number of aromatic nitrogens is 2. The summed E-state index contributed by atoms with van der Waals surface area (Å²) >= 11 is 4.80. The van der Waals surface area contributed by atoms with Gasteiger partial charge in [0.15, 0.2) is 4.77 Å². The Morgan fingerprint density at radius 2 is 1.60 bits per heavy atom. The van der Waals surface area contributed by atoms with E-state index in [4.69, 9.17) is 12.2 Å². The fourth-order valence-electron chi connectivity index (χ4n) is 2.32. The lowest BCUT2D eigenvalue weighted by molar-refractivity contribution is -0.141. The second-order valence-electron chi connectivity index (χ2n) is 4.76. The molecule has 1 aromatic heterocycles. The Hall–Kier alpha value is -1.69. The predicted molar refractivity (Wildman–Crippen MR) is 74.1 cm³/mol. The van der Waals surface area contributed by atoms with Gasteiger partial charge in [0.2, 0.25) is 0 Å². The van der Waals surface area contributed by atoms with E-state index in [1.54, 1.807) is 0 Å². The van der Waals surface area contributed by atoms with Crippen LogP contribution in [0.5, 0.6) is 0 Å². The smallest absolute Gasteiger partial charge is 0.327 e. The standard InChI is InChI=1S/C14H13F3N2S/c1-7-4-8(2)12(9(3)5-7)10-6-11(14(15,16)17)19-13(20)18-10/h4-6H,1-3H3,(H,18,19,20). The minimum absolute atomic E-state index is 0.172. The van der Waals surface area contributed by atoms with Crippen LogP contribution in [-0.4, -0.2) is 9.97 Å². The maximum atomic E-state index is 12.8. The maximum Gasteiger partial charge on any atom is 0.431 e. The van der Waals surface area contributed by atoms with Gasteiger partial charge in [0.25, 0.3) is 0 Å². The van der Waals surface area contributed by atoms with Crippen molar-refractivity contribution in [3.05, 3.63) is 45.4 Å². The summed E-state index contributed by atoms with van der Waals surface area (Å²) in [6, 6.07) is 4.83. The highest BCUT2D eigenvalue weighted by Crippen LogP contribution is 2.32. The molecule has 0 aliphatic carbocycles. The predicted octanol–water partition coefficient (Wildman–Crippen LogP) is 4.75. The Labute approximate surface area is 119 Å². The Balaban J connectivity index is 2.71. The minimum atomic E-state index is -4.47. The second kappa shape index (κ2) is 5.01. The van der Waals surface area contributed by atoms with Crippen LogP contribution in [0.3, 0.4) is 0 Å². The summed E-state index contributed by atoms with van der Waals surface area (Å²) in [5, 5.41) is 0. The van der Waals surface area contributed by atoms with E-state index in [2.05, 4.69) is 9.97 Å². The van der Waals surface area contributed by atoms with Crippen molar-refractivity contribution in [3.8, 4) is 11.3 Å². The number of nitrogens with one attached hydrogen (secondary N) is 1. The third-order valence-electron chi connectivity index (χ3n) is 2.98. The zero-order chi connectivity index (χ0) is 15.1. The summed E-state index contributed by atoms with van der Waals surface area (Å²) in [7, 11) is 0. The highest BCUT2D eigenvalue weighted by molar-refractivity contribution is 7.71. The molecule has 1 aromatic carbocycles. The van der Waals surface area contributed by atoms with Gasteiger partial charge >= 0.3 is 6.18 Å². The summed E-state index contributed by atoms with van der Waals surface area (Å²) in [6.07, 6.45) is -4.47. The quantitative estimate of drug-likeness (QED) is 0.770. The molecule has 2 rings (SSSR count). The molecule has 0 fully saturated rings. The average Bonchev–Trinajstić information content (AvgIpc) is 2.25. The van der Waals surface area contributed by atoms with E-state index in [-0.39, 0.29) is 10.5 Å². The van der Waals surface area contributed by atoms with Crippen LogP contribution < -0.4 is 0 Å². The fourth-order valence-corrected chi connectivity index (χ4v) is 2.53. The van der Waals surface area contributed by atoms with Crippen molar-refractivity contribution in [2.24, 2.45) is 0 Å². The number of H-pyrrole nitrogens is 1. The Morgan fingerprint density at radius 3 is 2.10 bits per heavy atom. The lowest BCUT2D eigenvalue weighted by Crippen LogP contribution is -2.09. The molecule has 0 saturated heterocycles. The molecule has 0 unspecified atom stereocenters. The number of hydrogen-bond donors (Lipinski definition) is 1. The molecule has 0 atom stereocenters. The fraction of sp³-hybridized carbons (Fsp3) is 0.286. The molecular weight excluding hydrogens is 285 g/mol. The van der Waals surface area contributed by atoms with Crippen molar-refractivity contribution in [2.75, 3.05) is 0 Å². The molecule has 0 spiro atoms. The van der Waals surface area contributed by atoms with Crippen molar-refractivity contribution in [1.82, 2.24) is 9.97 Å². The van der Waals surface area contributed by atoms with Gasteiger partial charge < -0.3 is 4.98 Å². The normalized spacial score (nSPS) is 11.7. The lowest BCUT2D eigenvalue weighted by Gasteiger charge is -2.13. The second-order valence-corrected chi connectivity index (χ2v) is 5.14. The highest BCUT2D eigenvalue weighted by atomic mass is 32.1. The van der Waals surface area contributed by atoms with Gasteiger partial charge in [-0.05, 0) is 50.2 Å². The first-order chi connectivity index (χ1) is 9.18. The molecule has 106 valence electrons. The van der Waals surface area contributed by atoms with E-state index in [0.717, 1.165) is 22.8 Å². The molecule has 1 N–H and O–H groups in total. The molecule has 0 bridgehead atoms. The summed E-state index contributed by atoms with van der Waals surface area (Å²) in [5.74, 6) is 0. The van der Waals surface area contributed by atoms with Crippen LogP contribution in [0.25, 0.3) is 11.3 Å². The Bertz CT molecular complexity index is 694. The summed E-state index contributed by atoms with van der Waals surface area (Å²) in [6.45, 7) is 5.64. The lowest BCUT2D eigenvalue weighted by atomic mass is 9.97. The third-order valence-corrected chi connectivity index (χ3v) is 3.18. The first kappa shape index (κ1) is 14.7. The van der Waals surface area contributed by atoms with E-state index in [1.807, 2.05) is 32.9 Å². The van der Waals surface area contributed by atoms with Gasteiger partial charge in [-0.15, -0.1) is 0 Å². The van der Waals surface area contributed by atoms with Gasteiger partial charge in [-0.2, -0.15) is 13.2 Å². The van der Waals surface area contributed by atoms with E-state index in [9.17, 15) is 13.2 Å². The van der Waals surface area contributed by atoms with Crippen molar-refractivity contribution >= 4 is 12.2 Å². The Kier molecular flexibility index (Phi) is 3.69. The van der Waals surface area contributed by atoms with Crippen molar-refractivity contribution in [2.45, 2.75) is 26.9 Å². The molecule has 0 aliphatic heterocycles. The largest absolute Gasteiger partial charge is 0.431 e. The molecule has 0 radical (unpaired) electrons. The van der Waals surface area contributed by atoms with E-state index in [0.29, 0.717) is 5.56 Å². The topological polar surface area (TPSA) is 28.7 Å². The van der Waals surface area contributed by atoms with Crippen LogP contribution in [0.15, 0.2) is 18.2 Å². The molecular formula is C14H13F3N2S. The first-order valence-electron chi connectivity index (χ1n) is 5.95. The molecule has 2 nitrogen and oxygen atoms in total. The number of benzene rings is 1. The zero-order valence-corrected chi connectivity index (χ0v) is 12.0. The third kappa shape index (κ3) is 2.90. The first-order valence-corrected chi connectivity index (χ1v) is 6.36. The maximum absolute atomic E-state index is 12.8. The van der Waals surface area contributed by atoms with Crippen LogP contribution in [0.1, 0.15) is 22.4 Å². The molecule has 0 aliphatic rings. The molecule has 1 heterocycles. The number of alkyl halides is 3. The number of rotatable bonds is 1. The van der Waals surface area contributed by atoms with Crippen molar-refractivity contribution in [1.29, 1.82) is 0 Å². The van der Waals surface area contributed by atoms with Crippen LogP contribution >= 0.6 is 12.2 Å². The molecule has 6 heteroatoms. The number of hydrogen-bond acceptors (Lipinski definition) is 2. The highest BCUT2D eigenvalue weighted by Gasteiger charge is 2.32. The summed E-state index contributed by atoms with van der Waals surface area (Å²) in [5.41, 5.74) is 2.87. The van der Waals surface area contributed by atoms with E-state index >= 15 is 0 Å². The molecule has 0 amide bonds. The number of aryl methyl sites for hydroxylation is 3. The average molecular weight is 298 g/mol. The Morgan fingerprint density at radius 1 is 1.05 bits per heavy atom. The van der Waals surface area contributed by atoms with Gasteiger partial charge in [-0.25, -0.2) is 4.98 Å². The van der Waals surface area contributed by atoms with E-state index < -0.39 is 11.9 Å². The zero-order valence-electron chi connectivity index (χ0n) is 11.2. The van der Waals surface area contributed by atoms with Gasteiger partial charge in [0, 0.05) is 5.56 Å². The summed E-state index contributed by atoms with van der Waals surface area (Å²) in [4.78, 5) is 6.11.